The molecule has 2 N–H and O–H groups in total. The van der Waals surface area contributed by atoms with E-state index in [0.717, 1.165) is 0 Å². The van der Waals surface area contributed by atoms with Gasteiger partial charge in [0.05, 0.1) is 25.5 Å². The molecule has 0 atom stereocenters. The second-order valence-corrected chi connectivity index (χ2v) is 3.31. The van der Waals surface area contributed by atoms with Gasteiger partial charge in [-0.25, -0.2) is 4.79 Å². The molecule has 0 aliphatic rings. The molecule has 1 aromatic carbocycles. The predicted molar refractivity (Wildman–Crippen MR) is 65.7 cm³/mol. The fourth-order valence-electron chi connectivity index (χ4n) is 1.25. The lowest BCUT2D eigenvalue weighted by molar-refractivity contribution is -0.139. The van der Waals surface area contributed by atoms with Crippen molar-refractivity contribution in [3.05, 3.63) is 29.3 Å². The molecule has 0 aromatic heterocycles. The quantitative estimate of drug-likeness (QED) is 0.478. The van der Waals surface area contributed by atoms with E-state index in [1.54, 1.807) is 18.2 Å². The number of ether oxygens (including phenoxy) is 2. The number of benzene rings is 1. The minimum Gasteiger partial charge on any atom is -0.468 e. The number of hydrogen-bond acceptors (Lipinski definition) is 5. The van der Waals surface area contributed by atoms with E-state index in [1.807, 2.05) is 0 Å². The van der Waals surface area contributed by atoms with Crippen molar-refractivity contribution in [2.24, 2.45) is 0 Å². The molecule has 0 bridgehead atoms. The van der Waals surface area contributed by atoms with Gasteiger partial charge >= 0.3 is 11.9 Å². The van der Waals surface area contributed by atoms with Crippen LogP contribution in [0.15, 0.2) is 18.2 Å². The SMILES string of the molecule is COC(=O)CC#Cc1cccc(C(=O)OC)c1N. The number of carbonyl (C=O) groups is 2. The van der Waals surface area contributed by atoms with E-state index in [-0.39, 0.29) is 17.7 Å². The molecule has 0 saturated heterocycles. The molecule has 0 aliphatic carbocycles. The highest BCUT2D eigenvalue weighted by Crippen LogP contribution is 2.17. The summed E-state index contributed by atoms with van der Waals surface area (Å²) in [5.74, 6) is 4.38. The molecule has 0 unspecified atom stereocenters. The highest BCUT2D eigenvalue weighted by Gasteiger charge is 2.11. The van der Waals surface area contributed by atoms with Crippen LogP contribution in [0.2, 0.25) is 0 Å². The van der Waals surface area contributed by atoms with Crippen molar-refractivity contribution < 1.29 is 19.1 Å². The Kier molecular flexibility index (Phi) is 4.76. The summed E-state index contributed by atoms with van der Waals surface area (Å²) >= 11 is 0. The van der Waals surface area contributed by atoms with Crippen molar-refractivity contribution in [2.45, 2.75) is 6.42 Å². The van der Waals surface area contributed by atoms with Gasteiger partial charge in [-0.05, 0) is 12.1 Å². The molecular weight excluding hydrogens is 234 g/mol. The maximum Gasteiger partial charge on any atom is 0.339 e. The topological polar surface area (TPSA) is 78.6 Å². The minimum atomic E-state index is -0.524. The molecular formula is C13H13NO4. The first-order valence-electron chi connectivity index (χ1n) is 5.12. The van der Waals surface area contributed by atoms with Crippen molar-refractivity contribution in [1.29, 1.82) is 0 Å². The van der Waals surface area contributed by atoms with Gasteiger partial charge in [0.1, 0.15) is 6.42 Å². The van der Waals surface area contributed by atoms with Crippen molar-refractivity contribution in [3.63, 3.8) is 0 Å². The van der Waals surface area contributed by atoms with Gasteiger partial charge in [0, 0.05) is 5.56 Å². The lowest BCUT2D eigenvalue weighted by atomic mass is 10.1. The fraction of sp³-hybridized carbons (Fsp3) is 0.231. The molecule has 0 saturated carbocycles. The largest absolute Gasteiger partial charge is 0.468 e. The Morgan fingerprint density at radius 3 is 2.61 bits per heavy atom. The van der Waals surface area contributed by atoms with Gasteiger partial charge in [-0.3, -0.25) is 4.79 Å². The Labute approximate surface area is 105 Å². The third kappa shape index (κ3) is 3.25. The van der Waals surface area contributed by atoms with Crippen LogP contribution in [0, 0.1) is 11.8 Å². The van der Waals surface area contributed by atoms with E-state index < -0.39 is 11.9 Å². The molecule has 0 fully saturated rings. The van der Waals surface area contributed by atoms with E-state index in [4.69, 9.17) is 5.73 Å². The van der Waals surface area contributed by atoms with Crippen LogP contribution in [0.25, 0.3) is 0 Å². The summed E-state index contributed by atoms with van der Waals surface area (Å²) in [4.78, 5) is 22.3. The first kappa shape index (κ1) is 13.6. The lowest BCUT2D eigenvalue weighted by Crippen LogP contribution is -2.06. The van der Waals surface area contributed by atoms with Crippen LogP contribution in [0.5, 0.6) is 0 Å². The number of hydrogen-bond donors (Lipinski definition) is 1. The molecule has 5 heteroatoms. The van der Waals surface area contributed by atoms with Gasteiger partial charge in [-0.15, -0.1) is 0 Å². The molecule has 0 aliphatic heterocycles. The highest BCUT2D eigenvalue weighted by molar-refractivity contribution is 5.96. The minimum absolute atomic E-state index is 0.0294. The first-order valence-corrected chi connectivity index (χ1v) is 5.12. The molecule has 94 valence electrons. The van der Waals surface area contributed by atoms with Crippen molar-refractivity contribution in [2.75, 3.05) is 20.0 Å². The zero-order valence-corrected chi connectivity index (χ0v) is 10.1. The number of para-hydroxylation sites is 1. The summed E-state index contributed by atoms with van der Waals surface area (Å²) in [6, 6.07) is 4.85. The number of nitrogens with two attached hydrogens (primary N) is 1. The fourth-order valence-corrected chi connectivity index (χ4v) is 1.25. The van der Waals surface area contributed by atoms with E-state index in [9.17, 15) is 9.59 Å². The molecule has 0 radical (unpaired) electrons. The first-order chi connectivity index (χ1) is 8.60. The van der Waals surface area contributed by atoms with Crippen LogP contribution in [0.4, 0.5) is 5.69 Å². The van der Waals surface area contributed by atoms with Gasteiger partial charge in [0.25, 0.3) is 0 Å². The smallest absolute Gasteiger partial charge is 0.339 e. The molecule has 0 spiro atoms. The zero-order chi connectivity index (χ0) is 13.5. The number of nitrogen functional groups attached to an aromatic ring is 1. The average molecular weight is 247 g/mol. The Morgan fingerprint density at radius 1 is 1.28 bits per heavy atom. The van der Waals surface area contributed by atoms with Crippen molar-refractivity contribution in [1.82, 2.24) is 0 Å². The highest BCUT2D eigenvalue weighted by atomic mass is 16.5. The third-order valence-corrected chi connectivity index (χ3v) is 2.19. The lowest BCUT2D eigenvalue weighted by Gasteiger charge is -2.04. The van der Waals surface area contributed by atoms with Crippen LogP contribution < -0.4 is 5.73 Å². The van der Waals surface area contributed by atoms with E-state index in [2.05, 4.69) is 21.3 Å². The Bertz CT molecular complexity index is 526. The second kappa shape index (κ2) is 6.30. The maximum absolute atomic E-state index is 11.4. The maximum atomic E-state index is 11.4. The number of carbonyl (C=O) groups excluding carboxylic acids is 2. The second-order valence-electron chi connectivity index (χ2n) is 3.31. The van der Waals surface area contributed by atoms with Crippen molar-refractivity contribution in [3.8, 4) is 11.8 Å². The summed E-state index contributed by atoms with van der Waals surface area (Å²) in [5, 5.41) is 0. The van der Waals surface area contributed by atoms with E-state index in [1.165, 1.54) is 14.2 Å². The Morgan fingerprint density at radius 2 is 2.00 bits per heavy atom. The van der Waals surface area contributed by atoms with Crippen LogP contribution >= 0.6 is 0 Å². The molecule has 5 nitrogen and oxygen atoms in total. The molecule has 18 heavy (non-hydrogen) atoms. The molecule has 1 aromatic rings. The third-order valence-electron chi connectivity index (χ3n) is 2.19. The number of esters is 2. The number of methoxy groups -OCH3 is 2. The summed E-state index contributed by atoms with van der Waals surface area (Å²) in [6.07, 6.45) is -0.0294. The van der Waals surface area contributed by atoms with E-state index in [0.29, 0.717) is 5.56 Å². The van der Waals surface area contributed by atoms with Gasteiger partial charge < -0.3 is 15.2 Å². The summed E-state index contributed by atoms with van der Waals surface area (Å²) < 4.78 is 9.04. The summed E-state index contributed by atoms with van der Waals surface area (Å²) in [7, 11) is 2.56. The van der Waals surface area contributed by atoms with Crippen LogP contribution in [0.3, 0.4) is 0 Å². The van der Waals surface area contributed by atoms with Gasteiger partial charge in [0.2, 0.25) is 0 Å². The van der Waals surface area contributed by atoms with E-state index >= 15 is 0 Å². The van der Waals surface area contributed by atoms with Crippen molar-refractivity contribution >= 4 is 17.6 Å². The average Bonchev–Trinajstić information content (AvgIpc) is 2.39. The molecule has 0 amide bonds. The molecule has 0 heterocycles. The molecule has 1 rings (SSSR count). The monoisotopic (exact) mass is 247 g/mol. The number of rotatable bonds is 2. The number of anilines is 1. The van der Waals surface area contributed by atoms with Gasteiger partial charge in [-0.1, -0.05) is 17.9 Å². The summed E-state index contributed by atoms with van der Waals surface area (Å²) in [6.45, 7) is 0. The Balaban J connectivity index is 2.97. The van der Waals surface area contributed by atoms with Gasteiger partial charge in [-0.2, -0.15) is 0 Å². The normalized spacial score (nSPS) is 9.00. The Hall–Kier alpha value is -2.48. The summed E-state index contributed by atoms with van der Waals surface area (Å²) in [5.41, 5.74) is 6.75. The zero-order valence-electron chi connectivity index (χ0n) is 10.1. The standard InChI is InChI=1S/C13H13NO4/c1-17-11(15)8-4-6-9-5-3-7-10(12(9)14)13(16)18-2/h3,5,7H,8,14H2,1-2H3. The van der Waals surface area contributed by atoms with Crippen LogP contribution in [-0.2, 0) is 14.3 Å². The van der Waals surface area contributed by atoms with Gasteiger partial charge in [0.15, 0.2) is 0 Å². The van der Waals surface area contributed by atoms with Crippen LogP contribution in [-0.4, -0.2) is 26.2 Å². The van der Waals surface area contributed by atoms with Crippen LogP contribution in [0.1, 0.15) is 22.3 Å². The predicted octanol–water partition coefficient (Wildman–Crippen LogP) is 0.970.